The molecule has 0 saturated carbocycles. The number of amides is 1. The number of ether oxygens (including phenoxy) is 2. The first-order chi connectivity index (χ1) is 12.1. The molecule has 1 aromatic rings. The molecule has 0 aliphatic carbocycles. The number of unbranched alkanes of at least 4 members (excludes halogenated alkanes) is 1. The fraction of sp³-hybridized carbons (Fsp3) is 0.500. The van der Waals surface area contributed by atoms with E-state index in [1.54, 1.807) is 4.90 Å². The van der Waals surface area contributed by atoms with E-state index in [0.717, 1.165) is 24.1 Å². The second-order valence-corrected chi connectivity index (χ2v) is 7.18. The Balaban J connectivity index is 1.59. The first-order valence-electron chi connectivity index (χ1n) is 8.97. The lowest BCUT2D eigenvalue weighted by Crippen LogP contribution is -2.40. The Morgan fingerprint density at radius 1 is 1.36 bits per heavy atom. The van der Waals surface area contributed by atoms with E-state index in [0.29, 0.717) is 13.2 Å². The van der Waals surface area contributed by atoms with E-state index in [1.807, 2.05) is 50.3 Å². The lowest BCUT2D eigenvalue weighted by atomic mass is 9.77. The van der Waals surface area contributed by atoms with E-state index in [-0.39, 0.29) is 18.0 Å². The summed E-state index contributed by atoms with van der Waals surface area (Å²) in [6.45, 7) is 4.91. The number of nitrogens with zero attached hydrogens (tertiary/aromatic N) is 1. The number of carbonyl (C=O) groups is 2. The normalized spacial score (nSPS) is 32.3. The highest BCUT2D eigenvalue weighted by Gasteiger charge is 2.67. The van der Waals surface area contributed by atoms with Gasteiger partial charge < -0.3 is 14.4 Å². The molecule has 3 aliphatic heterocycles. The van der Waals surface area contributed by atoms with Crippen LogP contribution in [0.5, 0.6) is 0 Å². The maximum Gasteiger partial charge on any atom is 0.312 e. The number of fused-ring (bicyclic) bond motifs is 1. The van der Waals surface area contributed by atoms with Crippen LogP contribution in [0.15, 0.2) is 36.4 Å². The second kappa shape index (κ2) is 5.99. The van der Waals surface area contributed by atoms with Crippen molar-refractivity contribution in [1.29, 1.82) is 0 Å². The summed E-state index contributed by atoms with van der Waals surface area (Å²) in [4.78, 5) is 27.4. The zero-order chi connectivity index (χ0) is 17.6. The van der Waals surface area contributed by atoms with E-state index in [9.17, 15) is 9.59 Å². The molecule has 2 saturated heterocycles. The van der Waals surface area contributed by atoms with Gasteiger partial charge in [-0.1, -0.05) is 43.2 Å². The zero-order valence-electron chi connectivity index (χ0n) is 14.6. The molecule has 0 N–H and O–H groups in total. The van der Waals surface area contributed by atoms with Crippen LogP contribution >= 0.6 is 0 Å². The van der Waals surface area contributed by atoms with E-state index in [4.69, 9.17) is 9.47 Å². The molecule has 2 fully saturated rings. The molecule has 132 valence electrons. The van der Waals surface area contributed by atoms with Crippen LogP contribution in [0.3, 0.4) is 0 Å². The summed E-state index contributed by atoms with van der Waals surface area (Å²) in [6.07, 6.45) is 5.33. The molecule has 3 heterocycles. The number of hydrogen-bond donors (Lipinski definition) is 0. The van der Waals surface area contributed by atoms with Gasteiger partial charge in [0.2, 0.25) is 5.91 Å². The Labute approximate surface area is 147 Å². The van der Waals surface area contributed by atoms with Crippen LogP contribution in [0, 0.1) is 18.8 Å². The topological polar surface area (TPSA) is 55.8 Å². The van der Waals surface area contributed by atoms with Crippen LogP contribution in [0.25, 0.3) is 0 Å². The van der Waals surface area contributed by atoms with Crippen molar-refractivity contribution in [2.75, 3.05) is 18.1 Å². The highest BCUT2D eigenvalue weighted by molar-refractivity contribution is 6.02. The molecule has 0 unspecified atom stereocenters. The van der Waals surface area contributed by atoms with Gasteiger partial charge in [0, 0.05) is 5.69 Å². The maximum absolute atomic E-state index is 13.1. The SMILES string of the molecule is CCCCOC(=O)[C@@H]1[C@@H]2C=C[C@@]3(CN(c4ccc(C)cc4)C(=O)[C@@H]13)O2. The van der Waals surface area contributed by atoms with Gasteiger partial charge >= 0.3 is 5.97 Å². The lowest BCUT2D eigenvalue weighted by Gasteiger charge is -2.22. The van der Waals surface area contributed by atoms with Gasteiger partial charge in [-0.3, -0.25) is 9.59 Å². The van der Waals surface area contributed by atoms with Gasteiger partial charge in [-0.05, 0) is 25.5 Å². The zero-order valence-corrected chi connectivity index (χ0v) is 14.6. The molecule has 0 radical (unpaired) electrons. The molecule has 5 nitrogen and oxygen atoms in total. The molecule has 2 bridgehead atoms. The van der Waals surface area contributed by atoms with Gasteiger partial charge in [-0.25, -0.2) is 0 Å². The highest BCUT2D eigenvalue weighted by Crippen LogP contribution is 2.52. The monoisotopic (exact) mass is 341 g/mol. The van der Waals surface area contributed by atoms with Crippen LogP contribution in [0.4, 0.5) is 5.69 Å². The third kappa shape index (κ3) is 2.49. The van der Waals surface area contributed by atoms with E-state index in [2.05, 4.69) is 0 Å². The quantitative estimate of drug-likeness (QED) is 0.469. The Morgan fingerprint density at radius 2 is 2.12 bits per heavy atom. The van der Waals surface area contributed by atoms with Crippen molar-refractivity contribution >= 4 is 17.6 Å². The Hall–Kier alpha value is -2.14. The smallest absolute Gasteiger partial charge is 0.312 e. The molecule has 1 amide bonds. The fourth-order valence-corrected chi connectivity index (χ4v) is 4.12. The van der Waals surface area contributed by atoms with Crippen LogP contribution < -0.4 is 4.90 Å². The van der Waals surface area contributed by atoms with Gasteiger partial charge in [0.05, 0.1) is 25.2 Å². The van der Waals surface area contributed by atoms with Crippen molar-refractivity contribution in [2.45, 2.75) is 38.4 Å². The largest absolute Gasteiger partial charge is 0.465 e. The van der Waals surface area contributed by atoms with E-state index in [1.165, 1.54) is 0 Å². The number of anilines is 1. The molecule has 1 aromatic carbocycles. The molecule has 5 heteroatoms. The second-order valence-electron chi connectivity index (χ2n) is 7.18. The average molecular weight is 341 g/mol. The molecule has 0 aromatic heterocycles. The van der Waals surface area contributed by atoms with Crippen molar-refractivity contribution in [3.8, 4) is 0 Å². The Kier molecular flexibility index (Phi) is 3.91. The number of hydrogen-bond acceptors (Lipinski definition) is 4. The minimum Gasteiger partial charge on any atom is -0.465 e. The Bertz CT molecular complexity index is 726. The van der Waals surface area contributed by atoms with Crippen LogP contribution in [-0.4, -0.2) is 36.7 Å². The first-order valence-corrected chi connectivity index (χ1v) is 8.97. The summed E-state index contributed by atoms with van der Waals surface area (Å²) in [5.41, 5.74) is 1.29. The molecule has 1 spiro atoms. The fourth-order valence-electron chi connectivity index (χ4n) is 4.12. The molecule has 4 rings (SSSR count). The van der Waals surface area contributed by atoms with E-state index < -0.39 is 17.4 Å². The number of benzene rings is 1. The summed E-state index contributed by atoms with van der Waals surface area (Å²) in [7, 11) is 0. The number of esters is 1. The summed E-state index contributed by atoms with van der Waals surface area (Å²) < 4.78 is 11.5. The van der Waals surface area contributed by atoms with Gasteiger partial charge in [-0.2, -0.15) is 0 Å². The van der Waals surface area contributed by atoms with Crippen LogP contribution in [0.1, 0.15) is 25.3 Å². The summed E-state index contributed by atoms with van der Waals surface area (Å²) >= 11 is 0. The highest BCUT2D eigenvalue weighted by atomic mass is 16.6. The van der Waals surface area contributed by atoms with Gasteiger partial charge in [0.15, 0.2) is 0 Å². The minimum atomic E-state index is -0.693. The minimum absolute atomic E-state index is 0.0480. The average Bonchev–Trinajstić information content (AvgIpc) is 3.24. The van der Waals surface area contributed by atoms with Gasteiger partial charge in [-0.15, -0.1) is 0 Å². The lowest BCUT2D eigenvalue weighted by molar-refractivity contribution is -0.152. The van der Waals surface area contributed by atoms with Crippen LogP contribution in [-0.2, 0) is 19.1 Å². The maximum atomic E-state index is 13.1. The van der Waals surface area contributed by atoms with Crippen molar-refractivity contribution in [1.82, 2.24) is 0 Å². The summed E-state index contributed by atoms with van der Waals surface area (Å²) in [5.74, 6) is -1.38. The predicted octanol–water partition coefficient (Wildman–Crippen LogP) is 2.62. The summed E-state index contributed by atoms with van der Waals surface area (Å²) in [5, 5.41) is 0. The van der Waals surface area contributed by atoms with Crippen molar-refractivity contribution in [2.24, 2.45) is 11.8 Å². The standard InChI is InChI=1S/C20H23NO4/c1-3-4-11-24-19(23)16-15-9-10-20(25-15)12-21(18(22)17(16)20)14-7-5-13(2)6-8-14/h5-10,15-17H,3-4,11-12H2,1-2H3/t15-,16+,17+,20-/m0/s1. The Morgan fingerprint density at radius 3 is 2.84 bits per heavy atom. The molecule has 4 atom stereocenters. The van der Waals surface area contributed by atoms with Crippen molar-refractivity contribution in [3.05, 3.63) is 42.0 Å². The van der Waals surface area contributed by atoms with Crippen LogP contribution in [0.2, 0.25) is 0 Å². The van der Waals surface area contributed by atoms with Gasteiger partial charge in [0.25, 0.3) is 0 Å². The molecule has 25 heavy (non-hydrogen) atoms. The number of rotatable bonds is 5. The molecular weight excluding hydrogens is 318 g/mol. The van der Waals surface area contributed by atoms with Crippen molar-refractivity contribution < 1.29 is 19.1 Å². The number of carbonyl (C=O) groups excluding carboxylic acids is 2. The first kappa shape index (κ1) is 16.3. The van der Waals surface area contributed by atoms with E-state index >= 15 is 0 Å². The third-order valence-electron chi connectivity index (χ3n) is 5.46. The molecule has 3 aliphatic rings. The molecular formula is C20H23NO4. The predicted molar refractivity (Wildman–Crippen MR) is 93.1 cm³/mol. The van der Waals surface area contributed by atoms with Gasteiger partial charge in [0.1, 0.15) is 11.5 Å². The number of aryl methyl sites for hydroxylation is 1. The van der Waals surface area contributed by atoms with Crippen molar-refractivity contribution in [3.63, 3.8) is 0 Å². The third-order valence-corrected chi connectivity index (χ3v) is 5.46. The summed E-state index contributed by atoms with van der Waals surface area (Å²) in [6, 6.07) is 7.85.